The van der Waals surface area contributed by atoms with E-state index in [1.807, 2.05) is 67.3 Å². The fraction of sp³-hybridized carbons (Fsp3) is 0.259. The molecular weight excluding hydrogens is 450 g/mol. The summed E-state index contributed by atoms with van der Waals surface area (Å²) in [5.74, 6) is 0.402. The zero-order valence-corrected chi connectivity index (χ0v) is 20.1. The summed E-state index contributed by atoms with van der Waals surface area (Å²) in [6, 6.07) is 20.4. The van der Waals surface area contributed by atoms with E-state index >= 15 is 0 Å². The molecule has 176 valence electrons. The third-order valence-corrected chi connectivity index (χ3v) is 6.15. The molecule has 0 bridgehead atoms. The van der Waals surface area contributed by atoms with Gasteiger partial charge in [0.2, 0.25) is 0 Å². The first-order valence-corrected chi connectivity index (χ1v) is 11.8. The number of hydrogen-bond acceptors (Lipinski definition) is 4. The number of benzene rings is 3. The number of rotatable bonds is 6. The minimum Gasteiger partial charge on any atom is -0.492 e. The van der Waals surface area contributed by atoms with Crippen LogP contribution in [0.25, 0.3) is 0 Å². The molecule has 34 heavy (non-hydrogen) atoms. The second kappa shape index (κ2) is 10.6. The smallest absolute Gasteiger partial charge is 0.255 e. The van der Waals surface area contributed by atoms with Crippen LogP contribution in [0.2, 0.25) is 5.02 Å². The summed E-state index contributed by atoms with van der Waals surface area (Å²) in [6.07, 6.45) is 0. The monoisotopic (exact) mass is 477 g/mol. The highest BCUT2D eigenvalue weighted by molar-refractivity contribution is 6.32. The highest BCUT2D eigenvalue weighted by Gasteiger charge is 2.22. The van der Waals surface area contributed by atoms with Crippen molar-refractivity contribution in [2.24, 2.45) is 0 Å². The normalized spacial score (nSPS) is 13.5. The van der Waals surface area contributed by atoms with Crippen molar-refractivity contribution in [3.05, 3.63) is 88.4 Å². The minimum absolute atomic E-state index is 0.0760. The van der Waals surface area contributed by atoms with Crippen molar-refractivity contribution < 1.29 is 14.3 Å². The van der Waals surface area contributed by atoms with Crippen LogP contribution in [0.1, 0.15) is 33.2 Å². The maximum atomic E-state index is 12.7. The van der Waals surface area contributed by atoms with Crippen LogP contribution in [0.5, 0.6) is 5.75 Å². The molecule has 2 amide bonds. The zero-order valence-electron chi connectivity index (χ0n) is 19.4. The van der Waals surface area contributed by atoms with Crippen molar-refractivity contribution in [3.63, 3.8) is 0 Å². The highest BCUT2D eigenvalue weighted by atomic mass is 35.5. The van der Waals surface area contributed by atoms with Gasteiger partial charge in [-0.25, -0.2) is 0 Å². The predicted octanol–water partition coefficient (Wildman–Crippen LogP) is 5.26. The Morgan fingerprint density at radius 3 is 2.18 bits per heavy atom. The number of halogens is 1. The van der Waals surface area contributed by atoms with Gasteiger partial charge in [0, 0.05) is 48.7 Å². The molecule has 1 heterocycles. The predicted molar refractivity (Wildman–Crippen MR) is 136 cm³/mol. The van der Waals surface area contributed by atoms with E-state index in [0.29, 0.717) is 41.7 Å². The van der Waals surface area contributed by atoms with E-state index in [-0.39, 0.29) is 11.8 Å². The van der Waals surface area contributed by atoms with Gasteiger partial charge in [0.25, 0.3) is 11.8 Å². The number of piperazine rings is 1. The van der Waals surface area contributed by atoms with Crippen molar-refractivity contribution in [3.8, 4) is 5.75 Å². The molecule has 0 saturated carbocycles. The number of ether oxygens (including phenoxy) is 1. The number of carbonyl (C=O) groups excluding carboxylic acids is 2. The second-order valence-corrected chi connectivity index (χ2v) is 8.63. The van der Waals surface area contributed by atoms with Gasteiger partial charge in [-0.05, 0) is 68.4 Å². The molecule has 0 spiro atoms. The molecule has 0 atom stereocenters. The lowest BCUT2D eigenvalue weighted by atomic mass is 10.1. The van der Waals surface area contributed by atoms with Crippen LogP contribution in [0.15, 0.2) is 66.7 Å². The number of nitrogens with one attached hydrogen (secondary N) is 1. The quantitative estimate of drug-likeness (QED) is 0.526. The molecule has 0 radical (unpaired) electrons. The van der Waals surface area contributed by atoms with Gasteiger partial charge in [-0.2, -0.15) is 0 Å². The molecular formula is C27H28ClN3O3. The highest BCUT2D eigenvalue weighted by Crippen LogP contribution is 2.26. The molecule has 1 N–H and O–H groups in total. The van der Waals surface area contributed by atoms with Crippen LogP contribution < -0.4 is 15.0 Å². The maximum Gasteiger partial charge on any atom is 0.255 e. The molecule has 0 unspecified atom stereocenters. The fourth-order valence-corrected chi connectivity index (χ4v) is 4.16. The molecule has 3 aromatic carbocycles. The van der Waals surface area contributed by atoms with Crippen molar-refractivity contribution >= 4 is 34.8 Å². The van der Waals surface area contributed by atoms with Crippen molar-refractivity contribution in [2.45, 2.75) is 13.8 Å². The lowest BCUT2D eigenvalue weighted by Crippen LogP contribution is -2.48. The Morgan fingerprint density at radius 1 is 0.912 bits per heavy atom. The molecule has 7 heteroatoms. The number of hydrogen-bond donors (Lipinski definition) is 1. The lowest BCUT2D eigenvalue weighted by molar-refractivity contribution is 0.0746. The molecule has 6 nitrogen and oxygen atoms in total. The third kappa shape index (κ3) is 5.51. The Labute approximate surface area is 205 Å². The van der Waals surface area contributed by atoms with E-state index in [2.05, 4.69) is 10.2 Å². The molecule has 0 aliphatic carbocycles. The maximum absolute atomic E-state index is 12.7. The van der Waals surface area contributed by atoms with Crippen molar-refractivity contribution in [1.82, 2.24) is 4.90 Å². The van der Waals surface area contributed by atoms with Gasteiger partial charge in [0.15, 0.2) is 0 Å². The van der Waals surface area contributed by atoms with E-state index in [9.17, 15) is 9.59 Å². The summed E-state index contributed by atoms with van der Waals surface area (Å²) in [4.78, 5) is 29.5. The van der Waals surface area contributed by atoms with Gasteiger partial charge >= 0.3 is 0 Å². The third-order valence-electron chi connectivity index (χ3n) is 5.85. The van der Waals surface area contributed by atoms with Crippen LogP contribution in [0.3, 0.4) is 0 Å². The van der Waals surface area contributed by atoms with Crippen LogP contribution in [0.4, 0.5) is 11.4 Å². The molecule has 3 aromatic rings. The van der Waals surface area contributed by atoms with Crippen LogP contribution in [0, 0.1) is 6.92 Å². The number of aryl methyl sites for hydroxylation is 1. The minimum atomic E-state index is -0.235. The molecule has 1 fully saturated rings. The molecule has 1 aliphatic rings. The van der Waals surface area contributed by atoms with Crippen molar-refractivity contribution in [2.75, 3.05) is 43.0 Å². The summed E-state index contributed by atoms with van der Waals surface area (Å²) in [6.45, 7) is 7.26. The first-order chi connectivity index (χ1) is 16.4. The average molecular weight is 478 g/mol. The lowest BCUT2D eigenvalue weighted by Gasteiger charge is -2.36. The van der Waals surface area contributed by atoms with Gasteiger partial charge in [-0.15, -0.1) is 0 Å². The van der Waals surface area contributed by atoms with E-state index < -0.39 is 0 Å². The SMILES string of the molecule is CCOc1ccc(C(=O)Nc2ccc(N3CCN(C(=O)c4ccc(C)cc4)CC3)cc2)cc1Cl. The molecule has 0 aromatic heterocycles. The van der Waals surface area contributed by atoms with Crippen LogP contribution in [-0.2, 0) is 0 Å². The van der Waals surface area contributed by atoms with Gasteiger partial charge in [-0.3, -0.25) is 9.59 Å². The number of anilines is 2. The Kier molecular flexibility index (Phi) is 7.38. The van der Waals surface area contributed by atoms with E-state index in [4.69, 9.17) is 16.3 Å². The van der Waals surface area contributed by atoms with E-state index in [1.54, 1.807) is 18.2 Å². The molecule has 1 aliphatic heterocycles. The van der Waals surface area contributed by atoms with Crippen LogP contribution in [-0.4, -0.2) is 49.5 Å². The van der Waals surface area contributed by atoms with Gasteiger partial charge < -0.3 is 19.9 Å². The van der Waals surface area contributed by atoms with Crippen molar-refractivity contribution in [1.29, 1.82) is 0 Å². The van der Waals surface area contributed by atoms with Crippen LogP contribution >= 0.6 is 11.6 Å². The van der Waals surface area contributed by atoms with Gasteiger partial charge in [-0.1, -0.05) is 29.3 Å². The Morgan fingerprint density at radius 2 is 1.56 bits per heavy atom. The number of nitrogens with zero attached hydrogens (tertiary/aromatic N) is 2. The largest absolute Gasteiger partial charge is 0.492 e. The summed E-state index contributed by atoms with van der Waals surface area (Å²) in [5, 5.41) is 3.31. The summed E-state index contributed by atoms with van der Waals surface area (Å²) in [5.41, 5.74) is 4.10. The average Bonchev–Trinajstić information content (AvgIpc) is 2.86. The zero-order chi connectivity index (χ0) is 24.1. The Bertz CT molecular complexity index is 1150. The standard InChI is InChI=1S/C27H28ClN3O3/c1-3-34-25-13-8-21(18-24(25)28)26(32)29-22-9-11-23(12-10-22)30-14-16-31(17-15-30)27(33)20-6-4-19(2)5-7-20/h4-13,18H,3,14-17H2,1-2H3,(H,29,32). The Balaban J connectivity index is 1.32. The number of carbonyl (C=O) groups is 2. The van der Waals surface area contributed by atoms with E-state index in [1.165, 1.54) is 0 Å². The van der Waals surface area contributed by atoms with Gasteiger partial charge in [0.05, 0.1) is 11.6 Å². The summed E-state index contributed by atoms with van der Waals surface area (Å²) >= 11 is 6.20. The summed E-state index contributed by atoms with van der Waals surface area (Å²) < 4.78 is 5.42. The Hall–Kier alpha value is -3.51. The topological polar surface area (TPSA) is 61.9 Å². The van der Waals surface area contributed by atoms with E-state index in [0.717, 1.165) is 29.9 Å². The fourth-order valence-electron chi connectivity index (χ4n) is 3.92. The molecule has 1 saturated heterocycles. The first kappa shape index (κ1) is 23.6. The first-order valence-electron chi connectivity index (χ1n) is 11.4. The molecule has 4 rings (SSSR count). The number of amides is 2. The summed E-state index contributed by atoms with van der Waals surface area (Å²) in [7, 11) is 0. The second-order valence-electron chi connectivity index (χ2n) is 8.22. The van der Waals surface area contributed by atoms with Gasteiger partial charge in [0.1, 0.15) is 5.75 Å².